The molecule has 0 aromatic heterocycles. The zero-order valence-electron chi connectivity index (χ0n) is 18.7. The number of aliphatic hydroxyl groups is 2. The standard InChI is InChI=1S/C19H37N5O7S/c1-10(25)14(18(29)24-15(11(2)26)19(30)31)23-17(28)13(7-9-32-3)22-16(27)12(21)6-4-5-8-20/h10-15,25-26H,4-9,20-21H2,1-3H3,(H,22,27)(H,23,28)(H,24,29)(H,30,31). The van der Waals surface area contributed by atoms with Crippen LogP contribution in [0.1, 0.15) is 39.5 Å². The van der Waals surface area contributed by atoms with Gasteiger partial charge in [0.2, 0.25) is 17.7 Å². The summed E-state index contributed by atoms with van der Waals surface area (Å²) in [6, 6.07) is -4.98. The molecule has 0 heterocycles. The van der Waals surface area contributed by atoms with E-state index in [0.29, 0.717) is 31.6 Å². The number of rotatable bonds is 16. The van der Waals surface area contributed by atoms with Crippen molar-refractivity contribution in [1.82, 2.24) is 16.0 Å². The zero-order chi connectivity index (χ0) is 24.8. The number of carboxylic acids is 1. The van der Waals surface area contributed by atoms with Crippen LogP contribution in [-0.4, -0.2) is 93.9 Å². The van der Waals surface area contributed by atoms with Gasteiger partial charge in [0.05, 0.1) is 18.2 Å². The lowest BCUT2D eigenvalue weighted by Gasteiger charge is -2.27. The highest BCUT2D eigenvalue weighted by Gasteiger charge is 2.33. The molecule has 6 atom stereocenters. The first-order chi connectivity index (χ1) is 15.0. The topological polar surface area (TPSA) is 217 Å². The number of carbonyl (C=O) groups excluding carboxylic acids is 3. The molecule has 0 aliphatic carbocycles. The van der Waals surface area contributed by atoms with E-state index in [2.05, 4.69) is 16.0 Å². The monoisotopic (exact) mass is 479 g/mol. The first kappa shape index (κ1) is 30.1. The van der Waals surface area contributed by atoms with E-state index in [4.69, 9.17) is 16.6 Å². The minimum Gasteiger partial charge on any atom is -0.480 e. The first-order valence-electron chi connectivity index (χ1n) is 10.4. The summed E-state index contributed by atoms with van der Waals surface area (Å²) >= 11 is 1.45. The Bertz CT molecular complexity index is 621. The minimum absolute atomic E-state index is 0.244. The molecular weight excluding hydrogens is 442 g/mol. The predicted octanol–water partition coefficient (Wildman–Crippen LogP) is -2.50. The van der Waals surface area contributed by atoms with Crippen LogP contribution in [-0.2, 0) is 19.2 Å². The van der Waals surface area contributed by atoms with Crippen LogP contribution >= 0.6 is 11.8 Å². The van der Waals surface area contributed by atoms with E-state index >= 15 is 0 Å². The molecule has 12 nitrogen and oxygen atoms in total. The van der Waals surface area contributed by atoms with Crippen molar-refractivity contribution in [3.05, 3.63) is 0 Å². The second-order valence-electron chi connectivity index (χ2n) is 7.53. The van der Waals surface area contributed by atoms with Gasteiger partial charge in [-0.25, -0.2) is 4.79 Å². The van der Waals surface area contributed by atoms with E-state index in [9.17, 15) is 29.4 Å². The van der Waals surface area contributed by atoms with Gasteiger partial charge < -0.3 is 42.7 Å². The van der Waals surface area contributed by atoms with Crippen LogP contribution in [0.3, 0.4) is 0 Å². The Morgan fingerprint density at radius 2 is 1.44 bits per heavy atom. The van der Waals surface area contributed by atoms with Crippen molar-refractivity contribution in [3.63, 3.8) is 0 Å². The maximum atomic E-state index is 12.8. The fourth-order valence-corrected chi connectivity index (χ4v) is 3.19. The van der Waals surface area contributed by atoms with Crippen LogP contribution in [0, 0.1) is 0 Å². The minimum atomic E-state index is -1.63. The Kier molecular flexibility index (Phi) is 14.9. The number of hydrogen-bond acceptors (Lipinski definition) is 9. The van der Waals surface area contributed by atoms with Crippen molar-refractivity contribution in [2.75, 3.05) is 18.6 Å². The maximum absolute atomic E-state index is 12.8. The molecule has 0 radical (unpaired) electrons. The molecule has 0 aromatic rings. The van der Waals surface area contributed by atoms with Gasteiger partial charge in [0.1, 0.15) is 12.1 Å². The molecule has 0 fully saturated rings. The van der Waals surface area contributed by atoms with Crippen molar-refractivity contribution >= 4 is 35.5 Å². The average molecular weight is 480 g/mol. The van der Waals surface area contributed by atoms with Gasteiger partial charge in [-0.2, -0.15) is 11.8 Å². The molecule has 32 heavy (non-hydrogen) atoms. The molecule has 0 bridgehead atoms. The van der Waals surface area contributed by atoms with E-state index in [1.807, 2.05) is 6.26 Å². The summed E-state index contributed by atoms with van der Waals surface area (Å²) in [4.78, 5) is 48.9. The molecule has 6 unspecified atom stereocenters. The van der Waals surface area contributed by atoms with Gasteiger partial charge in [-0.1, -0.05) is 6.42 Å². The van der Waals surface area contributed by atoms with E-state index in [1.54, 1.807) is 0 Å². The lowest BCUT2D eigenvalue weighted by Crippen LogP contribution is -2.61. The molecule has 3 amide bonds. The number of amides is 3. The van der Waals surface area contributed by atoms with E-state index in [0.717, 1.165) is 0 Å². The molecule has 0 spiro atoms. The normalized spacial score (nSPS) is 16.7. The van der Waals surface area contributed by atoms with Crippen LogP contribution < -0.4 is 27.4 Å². The summed E-state index contributed by atoms with van der Waals surface area (Å²) < 4.78 is 0. The maximum Gasteiger partial charge on any atom is 0.328 e. The zero-order valence-corrected chi connectivity index (χ0v) is 19.6. The number of thioether (sulfide) groups is 1. The van der Waals surface area contributed by atoms with Crippen LogP contribution in [0.5, 0.6) is 0 Å². The summed E-state index contributed by atoms with van der Waals surface area (Å²) in [5.41, 5.74) is 11.3. The molecule has 186 valence electrons. The molecule has 0 aromatic carbocycles. The summed E-state index contributed by atoms with van der Waals surface area (Å²) in [6.07, 6.45) is 1.05. The van der Waals surface area contributed by atoms with Gasteiger partial charge in [-0.05, 0) is 51.7 Å². The predicted molar refractivity (Wildman–Crippen MR) is 121 cm³/mol. The van der Waals surface area contributed by atoms with E-state index < -0.39 is 60.1 Å². The van der Waals surface area contributed by atoms with Crippen LogP contribution in [0.2, 0.25) is 0 Å². The highest BCUT2D eigenvalue weighted by Crippen LogP contribution is 2.06. The number of aliphatic hydroxyl groups excluding tert-OH is 2. The lowest BCUT2D eigenvalue weighted by molar-refractivity contribution is -0.146. The second-order valence-corrected chi connectivity index (χ2v) is 8.51. The van der Waals surface area contributed by atoms with Gasteiger partial charge in [0.15, 0.2) is 6.04 Å². The molecule has 0 aliphatic rings. The Balaban J connectivity index is 5.28. The number of aliphatic carboxylic acids is 1. The number of hydrogen-bond donors (Lipinski definition) is 8. The molecule has 0 aliphatic heterocycles. The van der Waals surface area contributed by atoms with Crippen LogP contribution in [0.4, 0.5) is 0 Å². The third-order valence-electron chi connectivity index (χ3n) is 4.66. The third kappa shape index (κ3) is 11.1. The largest absolute Gasteiger partial charge is 0.480 e. The third-order valence-corrected chi connectivity index (χ3v) is 5.30. The lowest BCUT2D eigenvalue weighted by atomic mass is 10.1. The van der Waals surface area contributed by atoms with Crippen LogP contribution in [0.15, 0.2) is 0 Å². The summed E-state index contributed by atoms with van der Waals surface area (Å²) in [7, 11) is 0. The quantitative estimate of drug-likeness (QED) is 0.109. The van der Waals surface area contributed by atoms with Crippen LogP contribution in [0.25, 0.3) is 0 Å². The molecule has 0 saturated heterocycles. The summed E-state index contributed by atoms with van der Waals surface area (Å²) in [6.45, 7) is 2.90. The van der Waals surface area contributed by atoms with Crippen molar-refractivity contribution in [2.24, 2.45) is 11.5 Å². The second kappa shape index (κ2) is 15.8. The van der Waals surface area contributed by atoms with Gasteiger partial charge >= 0.3 is 5.97 Å². The van der Waals surface area contributed by atoms with Gasteiger partial charge in [0.25, 0.3) is 0 Å². The molecule has 13 heteroatoms. The summed E-state index contributed by atoms with van der Waals surface area (Å²) in [5.74, 6) is -3.20. The van der Waals surface area contributed by atoms with Gasteiger partial charge in [0, 0.05) is 0 Å². The van der Waals surface area contributed by atoms with Crippen molar-refractivity contribution in [1.29, 1.82) is 0 Å². The van der Waals surface area contributed by atoms with E-state index in [-0.39, 0.29) is 6.42 Å². The highest BCUT2D eigenvalue weighted by atomic mass is 32.2. The fraction of sp³-hybridized carbons (Fsp3) is 0.789. The Morgan fingerprint density at radius 3 is 1.91 bits per heavy atom. The van der Waals surface area contributed by atoms with E-state index in [1.165, 1.54) is 25.6 Å². The van der Waals surface area contributed by atoms with Gasteiger partial charge in [-0.3, -0.25) is 14.4 Å². The van der Waals surface area contributed by atoms with Gasteiger partial charge in [-0.15, -0.1) is 0 Å². The van der Waals surface area contributed by atoms with Crippen molar-refractivity contribution in [2.45, 2.75) is 75.9 Å². The average Bonchev–Trinajstić information content (AvgIpc) is 2.71. The number of carbonyl (C=O) groups is 4. The number of nitrogens with two attached hydrogens (primary N) is 2. The number of nitrogens with one attached hydrogen (secondary N) is 3. The molecule has 0 saturated carbocycles. The number of unbranched alkanes of at least 4 members (excludes halogenated alkanes) is 1. The Hall–Kier alpha value is -1.93. The Morgan fingerprint density at radius 1 is 0.875 bits per heavy atom. The van der Waals surface area contributed by atoms with Crippen molar-refractivity contribution in [3.8, 4) is 0 Å². The molecule has 0 rings (SSSR count). The SMILES string of the molecule is CSCCC(NC(=O)C(N)CCCCN)C(=O)NC(C(=O)NC(C(=O)O)C(C)O)C(C)O. The fourth-order valence-electron chi connectivity index (χ4n) is 2.71. The first-order valence-corrected chi connectivity index (χ1v) is 11.8. The highest BCUT2D eigenvalue weighted by molar-refractivity contribution is 7.98. The molecular formula is C19H37N5O7S. The number of carboxylic acid groups (broad SMARTS) is 1. The summed E-state index contributed by atoms with van der Waals surface area (Å²) in [5, 5.41) is 35.6. The Labute approximate surface area is 192 Å². The molecule has 10 N–H and O–H groups in total. The van der Waals surface area contributed by atoms with Crippen molar-refractivity contribution < 1.29 is 34.5 Å². The smallest absolute Gasteiger partial charge is 0.328 e.